The topological polar surface area (TPSA) is 78.4 Å². The second kappa shape index (κ2) is 6.99. The Morgan fingerprint density at radius 3 is 2.63 bits per heavy atom. The molecule has 0 spiro atoms. The van der Waals surface area contributed by atoms with Gasteiger partial charge in [-0.2, -0.15) is 0 Å². The number of urea groups is 1. The molecule has 0 aromatic heterocycles. The van der Waals surface area contributed by atoms with Crippen molar-refractivity contribution in [2.24, 2.45) is 0 Å². The van der Waals surface area contributed by atoms with Gasteiger partial charge in [0.15, 0.2) is 0 Å². The van der Waals surface area contributed by atoms with Crippen molar-refractivity contribution in [1.82, 2.24) is 5.32 Å². The summed E-state index contributed by atoms with van der Waals surface area (Å²) in [5.74, 6) is -0.943. The maximum absolute atomic E-state index is 11.8. The lowest BCUT2D eigenvalue weighted by Crippen LogP contribution is -2.39. The summed E-state index contributed by atoms with van der Waals surface area (Å²) in [6.07, 6.45) is 0.437. The van der Waals surface area contributed by atoms with Gasteiger partial charge in [-0.05, 0) is 25.0 Å². The number of hydrogen-bond acceptors (Lipinski definition) is 2. The number of nitrogens with one attached hydrogen (secondary N) is 2. The molecule has 0 radical (unpaired) electrons. The van der Waals surface area contributed by atoms with Gasteiger partial charge in [0.05, 0.1) is 17.1 Å². The third-order valence-electron chi connectivity index (χ3n) is 2.71. The van der Waals surface area contributed by atoms with Crippen LogP contribution in [0.15, 0.2) is 18.2 Å². The average Bonchev–Trinajstić information content (AvgIpc) is 2.32. The molecule has 0 fully saturated rings. The van der Waals surface area contributed by atoms with Crippen LogP contribution in [0.1, 0.15) is 25.3 Å². The number of rotatable bonds is 5. The molecule has 19 heavy (non-hydrogen) atoms. The zero-order chi connectivity index (χ0) is 14.4. The smallest absolute Gasteiger partial charge is 0.319 e. The number of carboxylic acid groups (broad SMARTS) is 1. The second-order valence-electron chi connectivity index (χ2n) is 4.23. The van der Waals surface area contributed by atoms with Crippen molar-refractivity contribution in [1.29, 1.82) is 0 Å². The average molecular weight is 285 g/mol. The van der Waals surface area contributed by atoms with E-state index in [1.165, 1.54) is 0 Å². The number of carbonyl (C=O) groups is 2. The summed E-state index contributed by atoms with van der Waals surface area (Å²) in [5.41, 5.74) is 1.38. The third-order valence-corrected chi connectivity index (χ3v) is 3.02. The van der Waals surface area contributed by atoms with Gasteiger partial charge >= 0.3 is 12.0 Å². The molecule has 6 heteroatoms. The van der Waals surface area contributed by atoms with Gasteiger partial charge in [0.1, 0.15) is 0 Å². The SMILES string of the molecule is CCC(CC(=O)O)NC(=O)Nc1c(C)cccc1Cl. The fourth-order valence-corrected chi connectivity index (χ4v) is 1.90. The van der Waals surface area contributed by atoms with E-state index in [0.29, 0.717) is 17.1 Å². The van der Waals surface area contributed by atoms with Crippen molar-refractivity contribution in [2.75, 3.05) is 5.32 Å². The Kier molecular flexibility index (Phi) is 5.63. The largest absolute Gasteiger partial charge is 0.481 e. The van der Waals surface area contributed by atoms with Crippen LogP contribution < -0.4 is 10.6 Å². The van der Waals surface area contributed by atoms with Crippen LogP contribution in [0.4, 0.5) is 10.5 Å². The van der Waals surface area contributed by atoms with E-state index >= 15 is 0 Å². The highest BCUT2D eigenvalue weighted by Gasteiger charge is 2.15. The van der Waals surface area contributed by atoms with Crippen LogP contribution in [0.3, 0.4) is 0 Å². The van der Waals surface area contributed by atoms with Crippen LogP contribution in [0.5, 0.6) is 0 Å². The molecule has 5 nitrogen and oxygen atoms in total. The van der Waals surface area contributed by atoms with E-state index in [4.69, 9.17) is 16.7 Å². The van der Waals surface area contributed by atoms with Gasteiger partial charge in [0.25, 0.3) is 0 Å². The van der Waals surface area contributed by atoms with Crippen molar-refractivity contribution in [3.05, 3.63) is 28.8 Å². The van der Waals surface area contributed by atoms with Crippen LogP contribution in [0.25, 0.3) is 0 Å². The predicted molar refractivity (Wildman–Crippen MR) is 74.7 cm³/mol. The van der Waals surface area contributed by atoms with Gasteiger partial charge in [-0.3, -0.25) is 4.79 Å². The zero-order valence-corrected chi connectivity index (χ0v) is 11.6. The number of aryl methyl sites for hydroxylation is 1. The van der Waals surface area contributed by atoms with Crippen LogP contribution in [0.2, 0.25) is 5.02 Å². The number of carbonyl (C=O) groups excluding carboxylic acids is 1. The first kappa shape index (κ1) is 15.3. The molecule has 0 aliphatic heterocycles. The molecule has 3 N–H and O–H groups in total. The van der Waals surface area contributed by atoms with Crippen LogP contribution in [-0.4, -0.2) is 23.1 Å². The molecule has 1 rings (SSSR count). The lowest BCUT2D eigenvalue weighted by molar-refractivity contribution is -0.137. The van der Waals surface area contributed by atoms with E-state index in [1.807, 2.05) is 19.9 Å². The molecule has 0 aliphatic carbocycles. The molecule has 1 aromatic carbocycles. The molecule has 0 heterocycles. The van der Waals surface area contributed by atoms with Crippen molar-refractivity contribution >= 4 is 29.3 Å². The Morgan fingerprint density at radius 1 is 1.42 bits per heavy atom. The first-order valence-electron chi connectivity index (χ1n) is 5.98. The number of amides is 2. The molecule has 0 saturated carbocycles. The number of carboxylic acids is 1. The highest BCUT2D eigenvalue weighted by atomic mass is 35.5. The summed E-state index contributed by atoms with van der Waals surface area (Å²) in [6.45, 7) is 3.64. The predicted octanol–water partition coefficient (Wildman–Crippen LogP) is 3.02. The molecule has 0 saturated heterocycles. The van der Waals surface area contributed by atoms with E-state index < -0.39 is 18.0 Å². The summed E-state index contributed by atoms with van der Waals surface area (Å²) >= 11 is 5.99. The Balaban J connectivity index is 2.67. The summed E-state index contributed by atoms with van der Waals surface area (Å²) in [6, 6.07) is 4.44. The molecular formula is C13H17ClN2O3. The summed E-state index contributed by atoms with van der Waals surface area (Å²) in [7, 11) is 0. The highest BCUT2D eigenvalue weighted by Crippen LogP contribution is 2.24. The maximum Gasteiger partial charge on any atom is 0.319 e. The van der Waals surface area contributed by atoms with Crippen molar-refractivity contribution in [2.45, 2.75) is 32.7 Å². The van der Waals surface area contributed by atoms with Gasteiger partial charge in [-0.25, -0.2) is 4.79 Å². The van der Waals surface area contributed by atoms with Crippen molar-refractivity contribution in [3.8, 4) is 0 Å². The minimum Gasteiger partial charge on any atom is -0.481 e. The van der Waals surface area contributed by atoms with Gasteiger partial charge in [-0.1, -0.05) is 30.7 Å². The minimum absolute atomic E-state index is 0.106. The number of benzene rings is 1. The summed E-state index contributed by atoms with van der Waals surface area (Å²) in [4.78, 5) is 22.4. The van der Waals surface area contributed by atoms with Crippen LogP contribution in [0, 0.1) is 6.92 Å². The fraction of sp³-hybridized carbons (Fsp3) is 0.385. The molecule has 1 unspecified atom stereocenters. The quantitative estimate of drug-likeness (QED) is 0.777. The van der Waals surface area contributed by atoms with Crippen molar-refractivity contribution < 1.29 is 14.7 Å². The number of aliphatic carboxylic acids is 1. The number of anilines is 1. The van der Waals surface area contributed by atoms with E-state index in [-0.39, 0.29) is 6.42 Å². The maximum atomic E-state index is 11.8. The standard InChI is InChI=1S/C13H17ClN2O3/c1-3-9(7-11(17)18)15-13(19)16-12-8(2)5-4-6-10(12)14/h4-6,9H,3,7H2,1-2H3,(H,17,18)(H2,15,16,19). The first-order chi connectivity index (χ1) is 8.93. The summed E-state index contributed by atoms with van der Waals surface area (Å²) in [5, 5.41) is 14.4. The molecule has 0 aliphatic rings. The zero-order valence-electron chi connectivity index (χ0n) is 10.9. The molecule has 2 amide bonds. The molecular weight excluding hydrogens is 268 g/mol. The van der Waals surface area contributed by atoms with Gasteiger partial charge in [0, 0.05) is 6.04 Å². The Labute approximate surface area is 117 Å². The second-order valence-corrected chi connectivity index (χ2v) is 4.64. The molecule has 104 valence electrons. The van der Waals surface area contributed by atoms with Gasteiger partial charge < -0.3 is 15.7 Å². The molecule has 1 aromatic rings. The van der Waals surface area contributed by atoms with Gasteiger partial charge in [0.2, 0.25) is 0 Å². The molecule has 1 atom stereocenters. The van der Waals surface area contributed by atoms with E-state index in [2.05, 4.69) is 10.6 Å². The Morgan fingerprint density at radius 2 is 2.11 bits per heavy atom. The van der Waals surface area contributed by atoms with Crippen molar-refractivity contribution in [3.63, 3.8) is 0 Å². The van der Waals surface area contributed by atoms with Crippen LogP contribution in [-0.2, 0) is 4.79 Å². The lowest BCUT2D eigenvalue weighted by atomic mass is 10.1. The fourth-order valence-electron chi connectivity index (χ4n) is 1.63. The number of hydrogen-bond donors (Lipinski definition) is 3. The monoisotopic (exact) mass is 284 g/mol. The van der Waals surface area contributed by atoms with E-state index in [9.17, 15) is 9.59 Å². The minimum atomic E-state index is -0.943. The Bertz CT molecular complexity index is 457. The third kappa shape index (κ3) is 4.79. The highest BCUT2D eigenvalue weighted by molar-refractivity contribution is 6.33. The van der Waals surface area contributed by atoms with E-state index in [0.717, 1.165) is 5.56 Å². The van der Waals surface area contributed by atoms with E-state index in [1.54, 1.807) is 12.1 Å². The normalized spacial score (nSPS) is 11.7. The van der Waals surface area contributed by atoms with Gasteiger partial charge in [-0.15, -0.1) is 0 Å². The number of para-hydroxylation sites is 1. The first-order valence-corrected chi connectivity index (χ1v) is 6.36. The molecule has 0 bridgehead atoms. The summed E-state index contributed by atoms with van der Waals surface area (Å²) < 4.78 is 0. The lowest BCUT2D eigenvalue weighted by Gasteiger charge is -2.16. The Hall–Kier alpha value is -1.75. The van der Waals surface area contributed by atoms with Crippen LogP contribution >= 0.6 is 11.6 Å². The number of halogens is 1.